The Hall–Kier alpha value is -1.92. The Kier molecular flexibility index (Phi) is 4.06. The minimum absolute atomic E-state index is 0.105. The maximum absolute atomic E-state index is 13.6. The largest absolute Gasteiger partial charge is 0.399 e. The van der Waals surface area contributed by atoms with E-state index in [0.29, 0.717) is 0 Å². The molecular weight excluding hydrogens is 279 g/mol. The van der Waals surface area contributed by atoms with Crippen LogP contribution in [0.4, 0.5) is 10.1 Å². The van der Waals surface area contributed by atoms with Gasteiger partial charge in [0, 0.05) is 12.2 Å². The third-order valence-electron chi connectivity index (χ3n) is 2.79. The van der Waals surface area contributed by atoms with Crippen LogP contribution in [0.5, 0.6) is 0 Å². The summed E-state index contributed by atoms with van der Waals surface area (Å²) in [4.78, 5) is -0.403. The van der Waals surface area contributed by atoms with Crippen LogP contribution in [0.3, 0.4) is 0 Å². The van der Waals surface area contributed by atoms with Gasteiger partial charge in [0.25, 0.3) is 0 Å². The number of halogens is 1. The van der Waals surface area contributed by atoms with Gasteiger partial charge in [-0.05, 0) is 30.7 Å². The lowest BCUT2D eigenvalue weighted by molar-refractivity contribution is 0.557. The first kappa shape index (κ1) is 14.5. The molecule has 2 aromatic carbocycles. The van der Waals surface area contributed by atoms with E-state index in [9.17, 15) is 12.8 Å². The van der Waals surface area contributed by atoms with Crippen LogP contribution in [-0.2, 0) is 16.6 Å². The van der Waals surface area contributed by atoms with Crippen molar-refractivity contribution < 1.29 is 12.8 Å². The molecule has 2 aromatic rings. The molecule has 2 rings (SSSR count). The average Bonchev–Trinajstić information content (AvgIpc) is 2.36. The summed E-state index contributed by atoms with van der Waals surface area (Å²) < 4.78 is 40.1. The van der Waals surface area contributed by atoms with E-state index in [1.807, 2.05) is 25.1 Å². The molecule has 0 saturated heterocycles. The maximum atomic E-state index is 13.6. The fraction of sp³-hybridized carbons (Fsp3) is 0.143. The van der Waals surface area contributed by atoms with Crippen LogP contribution in [-0.4, -0.2) is 8.42 Å². The molecule has 0 unspecified atom stereocenters. The van der Waals surface area contributed by atoms with Crippen molar-refractivity contribution in [1.82, 2.24) is 4.72 Å². The quantitative estimate of drug-likeness (QED) is 0.849. The predicted octanol–water partition coefficient (Wildman–Crippen LogP) is 2.19. The smallest absolute Gasteiger partial charge is 0.243 e. The van der Waals surface area contributed by atoms with Crippen LogP contribution >= 0.6 is 0 Å². The number of nitrogen functional groups attached to an aromatic ring is 1. The molecule has 0 aliphatic rings. The lowest BCUT2D eigenvalue weighted by Gasteiger charge is -2.08. The molecule has 0 heterocycles. The van der Waals surface area contributed by atoms with E-state index in [1.54, 1.807) is 6.07 Å². The van der Waals surface area contributed by atoms with Gasteiger partial charge >= 0.3 is 0 Å². The van der Waals surface area contributed by atoms with E-state index in [-0.39, 0.29) is 12.2 Å². The first-order valence-electron chi connectivity index (χ1n) is 5.99. The molecular formula is C14H15FN2O2S. The van der Waals surface area contributed by atoms with Crippen molar-refractivity contribution in [3.8, 4) is 0 Å². The van der Waals surface area contributed by atoms with Gasteiger partial charge in [0.15, 0.2) is 0 Å². The third kappa shape index (κ3) is 3.34. The van der Waals surface area contributed by atoms with Crippen LogP contribution in [0.15, 0.2) is 47.4 Å². The Morgan fingerprint density at radius 3 is 2.60 bits per heavy atom. The average molecular weight is 294 g/mol. The molecule has 106 valence electrons. The van der Waals surface area contributed by atoms with Crippen LogP contribution in [0.1, 0.15) is 11.1 Å². The fourth-order valence-corrected chi connectivity index (χ4v) is 2.89. The molecule has 0 saturated carbocycles. The second-order valence-electron chi connectivity index (χ2n) is 4.50. The number of nitrogens with two attached hydrogens (primary N) is 1. The minimum Gasteiger partial charge on any atom is -0.399 e. The lowest BCUT2D eigenvalue weighted by atomic mass is 10.1. The Morgan fingerprint density at radius 2 is 1.95 bits per heavy atom. The number of hydrogen-bond donors (Lipinski definition) is 2. The standard InChI is InChI=1S/C14H15FN2O2S/c1-10-3-2-4-11(7-10)9-17-20(18,19)14-6-5-12(16)8-13(14)15/h2-8,17H,9,16H2,1H3. The molecule has 20 heavy (non-hydrogen) atoms. The normalized spacial score (nSPS) is 11.5. The third-order valence-corrected chi connectivity index (χ3v) is 4.23. The second-order valence-corrected chi connectivity index (χ2v) is 6.24. The molecule has 3 N–H and O–H groups in total. The van der Waals surface area contributed by atoms with Crippen LogP contribution in [0.25, 0.3) is 0 Å². The van der Waals surface area contributed by atoms with Crippen molar-refractivity contribution in [2.45, 2.75) is 18.4 Å². The first-order chi connectivity index (χ1) is 9.38. The summed E-state index contributed by atoms with van der Waals surface area (Å²) in [6.45, 7) is 2.02. The number of sulfonamides is 1. The van der Waals surface area contributed by atoms with Crippen LogP contribution in [0.2, 0.25) is 0 Å². The molecule has 0 aliphatic carbocycles. The summed E-state index contributed by atoms with van der Waals surface area (Å²) in [5, 5.41) is 0. The van der Waals surface area contributed by atoms with Gasteiger partial charge in [-0.25, -0.2) is 17.5 Å². The Balaban J connectivity index is 2.19. The van der Waals surface area contributed by atoms with Crippen molar-refractivity contribution in [2.75, 3.05) is 5.73 Å². The zero-order valence-corrected chi connectivity index (χ0v) is 11.7. The number of nitrogens with one attached hydrogen (secondary N) is 1. The van der Waals surface area contributed by atoms with E-state index in [0.717, 1.165) is 23.3 Å². The summed E-state index contributed by atoms with van der Waals surface area (Å²) in [6.07, 6.45) is 0. The summed E-state index contributed by atoms with van der Waals surface area (Å²) in [7, 11) is -3.90. The summed E-state index contributed by atoms with van der Waals surface area (Å²) in [5.41, 5.74) is 7.42. The van der Waals surface area contributed by atoms with Crippen molar-refractivity contribution in [3.63, 3.8) is 0 Å². The van der Waals surface area contributed by atoms with Gasteiger partial charge in [0.1, 0.15) is 10.7 Å². The molecule has 6 heteroatoms. The molecule has 0 spiro atoms. The maximum Gasteiger partial charge on any atom is 0.243 e. The van der Waals surface area contributed by atoms with Gasteiger partial charge in [-0.15, -0.1) is 0 Å². The number of rotatable bonds is 4. The highest BCUT2D eigenvalue weighted by Crippen LogP contribution is 2.17. The second kappa shape index (κ2) is 5.60. The zero-order valence-electron chi connectivity index (χ0n) is 10.9. The summed E-state index contributed by atoms with van der Waals surface area (Å²) in [6, 6.07) is 10.9. The Bertz CT molecular complexity index is 730. The zero-order chi connectivity index (χ0) is 14.8. The van der Waals surface area contributed by atoms with Gasteiger partial charge in [0.05, 0.1) is 0 Å². The van der Waals surface area contributed by atoms with Gasteiger partial charge in [0.2, 0.25) is 10.0 Å². The van der Waals surface area contributed by atoms with E-state index >= 15 is 0 Å². The number of aryl methyl sites for hydroxylation is 1. The summed E-state index contributed by atoms with van der Waals surface area (Å²) in [5.74, 6) is -0.859. The summed E-state index contributed by atoms with van der Waals surface area (Å²) >= 11 is 0. The Labute approximate surface area is 117 Å². The van der Waals surface area contributed by atoms with Gasteiger partial charge in [-0.2, -0.15) is 0 Å². The van der Waals surface area contributed by atoms with Crippen LogP contribution < -0.4 is 10.5 Å². The van der Waals surface area contributed by atoms with Crippen LogP contribution in [0, 0.1) is 12.7 Å². The molecule has 0 aromatic heterocycles. The van der Waals surface area contributed by atoms with Crippen molar-refractivity contribution in [2.24, 2.45) is 0 Å². The fourth-order valence-electron chi connectivity index (χ4n) is 1.81. The first-order valence-corrected chi connectivity index (χ1v) is 7.47. The minimum atomic E-state index is -3.90. The highest BCUT2D eigenvalue weighted by Gasteiger charge is 2.18. The van der Waals surface area contributed by atoms with Gasteiger partial charge in [-0.1, -0.05) is 29.8 Å². The number of hydrogen-bond acceptors (Lipinski definition) is 3. The number of anilines is 1. The van der Waals surface area contributed by atoms with Crippen molar-refractivity contribution in [3.05, 3.63) is 59.4 Å². The number of benzene rings is 2. The predicted molar refractivity (Wildman–Crippen MR) is 76.0 cm³/mol. The van der Waals surface area contributed by atoms with Crippen molar-refractivity contribution >= 4 is 15.7 Å². The SMILES string of the molecule is Cc1cccc(CNS(=O)(=O)c2ccc(N)cc2F)c1. The monoisotopic (exact) mass is 294 g/mol. The Morgan fingerprint density at radius 1 is 1.20 bits per heavy atom. The van der Waals surface area contributed by atoms with Gasteiger partial charge in [-0.3, -0.25) is 0 Å². The van der Waals surface area contributed by atoms with E-state index in [4.69, 9.17) is 5.73 Å². The molecule has 0 bridgehead atoms. The molecule has 0 amide bonds. The highest BCUT2D eigenvalue weighted by atomic mass is 32.2. The van der Waals surface area contributed by atoms with E-state index < -0.39 is 20.7 Å². The van der Waals surface area contributed by atoms with E-state index in [2.05, 4.69) is 4.72 Å². The lowest BCUT2D eigenvalue weighted by Crippen LogP contribution is -2.24. The molecule has 0 atom stereocenters. The van der Waals surface area contributed by atoms with Crippen molar-refractivity contribution in [1.29, 1.82) is 0 Å². The van der Waals surface area contributed by atoms with E-state index in [1.165, 1.54) is 6.07 Å². The highest BCUT2D eigenvalue weighted by molar-refractivity contribution is 7.89. The molecule has 0 radical (unpaired) electrons. The molecule has 0 fully saturated rings. The topological polar surface area (TPSA) is 72.2 Å². The van der Waals surface area contributed by atoms with Gasteiger partial charge < -0.3 is 5.73 Å². The molecule has 0 aliphatic heterocycles. The molecule has 4 nitrogen and oxygen atoms in total.